The lowest BCUT2D eigenvalue weighted by Crippen LogP contribution is -2.27. The molecule has 0 saturated heterocycles. The first-order valence-electron chi connectivity index (χ1n) is 7.08. The summed E-state index contributed by atoms with van der Waals surface area (Å²) in [6.45, 7) is 3.50. The third kappa shape index (κ3) is 4.23. The maximum atomic E-state index is 6.05. The van der Waals surface area contributed by atoms with Crippen molar-refractivity contribution in [1.82, 2.24) is 9.97 Å². The Bertz CT molecular complexity index is 389. The molecule has 5 heteroatoms. The van der Waals surface area contributed by atoms with Crippen molar-refractivity contribution >= 4 is 17.4 Å². The Hall–Kier alpha value is -1.03. The fraction of sp³-hybridized carbons (Fsp3) is 0.714. The van der Waals surface area contributed by atoms with Crippen LogP contribution in [0.4, 0.5) is 5.82 Å². The summed E-state index contributed by atoms with van der Waals surface area (Å²) in [5.41, 5.74) is 0. The van der Waals surface area contributed by atoms with E-state index in [1.807, 2.05) is 13.0 Å². The third-order valence-corrected chi connectivity index (χ3v) is 4.14. The molecule has 0 aliphatic heterocycles. The number of halogens is 1. The monoisotopic (exact) mass is 283 g/mol. The third-order valence-electron chi connectivity index (χ3n) is 3.74. The highest BCUT2D eigenvalue weighted by molar-refractivity contribution is 6.18. The molecular formula is C14H22ClN3O. The van der Waals surface area contributed by atoms with Gasteiger partial charge in [-0.2, -0.15) is 0 Å². The van der Waals surface area contributed by atoms with Crippen molar-refractivity contribution in [3.8, 4) is 5.88 Å². The second kappa shape index (κ2) is 7.53. The van der Waals surface area contributed by atoms with E-state index >= 15 is 0 Å². The molecular weight excluding hydrogens is 262 g/mol. The highest BCUT2D eigenvalue weighted by atomic mass is 35.5. The van der Waals surface area contributed by atoms with Gasteiger partial charge in [0.25, 0.3) is 0 Å². The Morgan fingerprint density at radius 3 is 2.84 bits per heavy atom. The zero-order chi connectivity index (χ0) is 13.5. The van der Waals surface area contributed by atoms with Crippen LogP contribution in [0.2, 0.25) is 0 Å². The first-order chi connectivity index (χ1) is 9.33. The quantitative estimate of drug-likeness (QED) is 0.814. The summed E-state index contributed by atoms with van der Waals surface area (Å²) in [4.78, 5) is 8.28. The molecule has 2 rings (SSSR count). The molecule has 0 amide bonds. The van der Waals surface area contributed by atoms with E-state index in [2.05, 4.69) is 15.3 Å². The number of aromatic nitrogens is 2. The maximum Gasteiger partial charge on any atom is 0.218 e. The summed E-state index contributed by atoms with van der Waals surface area (Å²) < 4.78 is 5.37. The molecule has 19 heavy (non-hydrogen) atoms. The second-order valence-electron chi connectivity index (χ2n) is 5.01. The minimum atomic E-state index is 0.618. The predicted molar refractivity (Wildman–Crippen MR) is 77.9 cm³/mol. The lowest BCUT2D eigenvalue weighted by molar-refractivity contribution is 0.272. The van der Waals surface area contributed by atoms with E-state index in [1.165, 1.54) is 32.0 Å². The van der Waals surface area contributed by atoms with Crippen molar-refractivity contribution in [1.29, 1.82) is 0 Å². The van der Waals surface area contributed by atoms with Crippen molar-refractivity contribution in [3.63, 3.8) is 0 Å². The molecule has 0 radical (unpaired) electrons. The van der Waals surface area contributed by atoms with Crippen LogP contribution in [0.5, 0.6) is 5.88 Å². The summed E-state index contributed by atoms with van der Waals surface area (Å²) in [5.74, 6) is 3.50. The number of anilines is 1. The van der Waals surface area contributed by atoms with Gasteiger partial charge in [-0.15, -0.1) is 11.6 Å². The SMILES string of the molecule is CCOc1cc(NCC2CCCCC2CCl)ncn1. The van der Waals surface area contributed by atoms with Crippen LogP contribution < -0.4 is 10.1 Å². The average Bonchev–Trinajstić information content (AvgIpc) is 2.46. The van der Waals surface area contributed by atoms with Crippen LogP contribution >= 0.6 is 11.6 Å². The molecule has 1 heterocycles. The molecule has 1 aromatic heterocycles. The van der Waals surface area contributed by atoms with Gasteiger partial charge in [0.15, 0.2) is 0 Å². The van der Waals surface area contributed by atoms with Crippen LogP contribution in [0.25, 0.3) is 0 Å². The van der Waals surface area contributed by atoms with Crippen LogP contribution in [0.15, 0.2) is 12.4 Å². The Balaban J connectivity index is 1.88. The summed E-state index contributed by atoms with van der Waals surface area (Å²) in [6, 6.07) is 1.85. The van der Waals surface area contributed by atoms with Gasteiger partial charge in [0.05, 0.1) is 6.61 Å². The molecule has 0 aromatic carbocycles. The largest absolute Gasteiger partial charge is 0.478 e. The molecule has 106 valence electrons. The van der Waals surface area contributed by atoms with Gasteiger partial charge in [-0.3, -0.25) is 0 Å². The zero-order valence-electron chi connectivity index (χ0n) is 11.4. The van der Waals surface area contributed by atoms with Crippen molar-refractivity contribution < 1.29 is 4.74 Å². The molecule has 2 atom stereocenters. The van der Waals surface area contributed by atoms with Gasteiger partial charge >= 0.3 is 0 Å². The Morgan fingerprint density at radius 2 is 2.11 bits per heavy atom. The van der Waals surface area contributed by atoms with Crippen LogP contribution in [0.3, 0.4) is 0 Å². The smallest absolute Gasteiger partial charge is 0.218 e. The Morgan fingerprint density at radius 1 is 1.32 bits per heavy atom. The maximum absolute atomic E-state index is 6.05. The van der Waals surface area contributed by atoms with E-state index in [9.17, 15) is 0 Å². The van der Waals surface area contributed by atoms with E-state index in [1.54, 1.807) is 0 Å². The van der Waals surface area contributed by atoms with Crippen LogP contribution in [-0.4, -0.2) is 29.0 Å². The van der Waals surface area contributed by atoms with Crippen LogP contribution in [0.1, 0.15) is 32.6 Å². The van der Waals surface area contributed by atoms with Crippen molar-refractivity contribution in [2.24, 2.45) is 11.8 Å². The molecule has 1 aromatic rings. The van der Waals surface area contributed by atoms with Gasteiger partial charge in [0.2, 0.25) is 5.88 Å². The summed E-state index contributed by atoms with van der Waals surface area (Å²) >= 11 is 6.05. The minimum absolute atomic E-state index is 0.618. The van der Waals surface area contributed by atoms with E-state index < -0.39 is 0 Å². The molecule has 0 spiro atoms. The van der Waals surface area contributed by atoms with Gasteiger partial charge < -0.3 is 10.1 Å². The summed E-state index contributed by atoms with van der Waals surface area (Å²) in [7, 11) is 0. The molecule has 1 N–H and O–H groups in total. The molecule has 1 aliphatic carbocycles. The van der Waals surface area contributed by atoms with Gasteiger partial charge in [-0.25, -0.2) is 9.97 Å². The van der Waals surface area contributed by atoms with Gasteiger partial charge in [-0.1, -0.05) is 12.8 Å². The fourth-order valence-corrected chi connectivity index (χ4v) is 3.06. The second-order valence-corrected chi connectivity index (χ2v) is 5.32. The molecule has 1 fully saturated rings. The highest BCUT2D eigenvalue weighted by Gasteiger charge is 2.24. The highest BCUT2D eigenvalue weighted by Crippen LogP contribution is 2.31. The minimum Gasteiger partial charge on any atom is -0.478 e. The molecule has 0 bridgehead atoms. The van der Waals surface area contributed by atoms with Crippen molar-refractivity contribution in [2.75, 3.05) is 24.3 Å². The van der Waals surface area contributed by atoms with Gasteiger partial charge in [0, 0.05) is 18.5 Å². The number of hydrogen-bond donors (Lipinski definition) is 1. The standard InChI is InChI=1S/C14H22ClN3O/c1-2-19-14-7-13(17-10-18-14)16-9-12-6-4-3-5-11(12)8-15/h7,10-12H,2-6,8-9H2,1H3,(H,16,17,18). The van der Waals surface area contributed by atoms with E-state index in [0.29, 0.717) is 24.3 Å². The zero-order valence-corrected chi connectivity index (χ0v) is 12.2. The Kier molecular flexibility index (Phi) is 5.70. The summed E-state index contributed by atoms with van der Waals surface area (Å²) in [5, 5.41) is 3.39. The molecule has 2 unspecified atom stereocenters. The number of ether oxygens (including phenoxy) is 1. The molecule has 1 aliphatic rings. The number of alkyl halides is 1. The molecule has 4 nitrogen and oxygen atoms in total. The lowest BCUT2D eigenvalue weighted by atomic mass is 9.80. The van der Waals surface area contributed by atoms with E-state index in [0.717, 1.165) is 18.2 Å². The first kappa shape index (κ1) is 14.4. The lowest BCUT2D eigenvalue weighted by Gasteiger charge is -2.30. The van der Waals surface area contributed by atoms with Crippen LogP contribution in [-0.2, 0) is 0 Å². The topological polar surface area (TPSA) is 47.0 Å². The van der Waals surface area contributed by atoms with E-state index in [-0.39, 0.29) is 0 Å². The fourth-order valence-electron chi connectivity index (χ4n) is 2.65. The van der Waals surface area contributed by atoms with Gasteiger partial charge in [0.1, 0.15) is 12.1 Å². The number of nitrogens with zero attached hydrogens (tertiary/aromatic N) is 2. The predicted octanol–water partition coefficient (Wildman–Crippen LogP) is 3.33. The number of hydrogen-bond acceptors (Lipinski definition) is 4. The van der Waals surface area contributed by atoms with Crippen molar-refractivity contribution in [3.05, 3.63) is 12.4 Å². The average molecular weight is 284 g/mol. The van der Waals surface area contributed by atoms with Crippen molar-refractivity contribution in [2.45, 2.75) is 32.6 Å². The number of rotatable bonds is 6. The first-order valence-corrected chi connectivity index (χ1v) is 7.61. The normalized spacial score (nSPS) is 23.1. The van der Waals surface area contributed by atoms with E-state index in [4.69, 9.17) is 16.3 Å². The Labute approximate surface area is 119 Å². The molecule has 1 saturated carbocycles. The number of nitrogens with one attached hydrogen (secondary N) is 1. The summed E-state index contributed by atoms with van der Waals surface area (Å²) in [6.07, 6.45) is 6.68. The van der Waals surface area contributed by atoms with Gasteiger partial charge in [-0.05, 0) is 31.6 Å². The van der Waals surface area contributed by atoms with Crippen LogP contribution in [0, 0.1) is 11.8 Å².